The first-order chi connectivity index (χ1) is 6.14. The molecule has 0 radical (unpaired) electrons. The minimum atomic E-state index is -5.86. The van der Waals surface area contributed by atoms with Gasteiger partial charge in [-0.05, 0) is 0 Å². The van der Waals surface area contributed by atoms with Crippen LogP contribution < -0.4 is 0 Å². The summed E-state index contributed by atoms with van der Waals surface area (Å²) >= 11 is 0. The molecule has 0 heterocycles. The van der Waals surface area contributed by atoms with Gasteiger partial charge in [-0.1, -0.05) is 6.08 Å². The SMILES string of the molecule is C=CCN(C)C(=O)C(F)(F)C(F)(F)F. The molecule has 0 aliphatic carbocycles. The summed E-state index contributed by atoms with van der Waals surface area (Å²) in [6.45, 7) is 2.74. The van der Waals surface area contributed by atoms with Gasteiger partial charge in [-0.15, -0.1) is 6.58 Å². The van der Waals surface area contributed by atoms with Crippen LogP contribution in [0.2, 0.25) is 0 Å². The Labute approximate surface area is 77.0 Å². The van der Waals surface area contributed by atoms with Crippen LogP contribution in [0.25, 0.3) is 0 Å². The molecule has 14 heavy (non-hydrogen) atoms. The summed E-state index contributed by atoms with van der Waals surface area (Å²) in [5.41, 5.74) is 0. The molecule has 0 atom stereocenters. The van der Waals surface area contributed by atoms with E-state index in [2.05, 4.69) is 6.58 Å². The van der Waals surface area contributed by atoms with Crippen molar-refractivity contribution in [1.82, 2.24) is 4.90 Å². The molecule has 82 valence electrons. The van der Waals surface area contributed by atoms with Gasteiger partial charge in [0, 0.05) is 13.6 Å². The zero-order chi connectivity index (χ0) is 11.6. The number of nitrogens with zero attached hydrogens (tertiary/aromatic N) is 1. The number of carbonyl (C=O) groups is 1. The van der Waals surface area contributed by atoms with Crippen molar-refractivity contribution in [2.45, 2.75) is 12.1 Å². The smallest absolute Gasteiger partial charge is 0.337 e. The van der Waals surface area contributed by atoms with E-state index in [9.17, 15) is 26.7 Å². The molecule has 0 N–H and O–H groups in total. The van der Waals surface area contributed by atoms with E-state index in [0.29, 0.717) is 0 Å². The van der Waals surface area contributed by atoms with Crippen LogP contribution >= 0.6 is 0 Å². The number of halogens is 5. The van der Waals surface area contributed by atoms with E-state index in [1.807, 2.05) is 0 Å². The van der Waals surface area contributed by atoms with E-state index in [1.165, 1.54) is 0 Å². The lowest BCUT2D eigenvalue weighted by Gasteiger charge is -2.23. The first-order valence-electron chi connectivity index (χ1n) is 3.45. The Bertz CT molecular complexity index is 235. The molecule has 2 nitrogen and oxygen atoms in total. The lowest BCUT2D eigenvalue weighted by atomic mass is 10.3. The van der Waals surface area contributed by atoms with Gasteiger partial charge in [0.15, 0.2) is 0 Å². The third kappa shape index (κ3) is 2.43. The maximum Gasteiger partial charge on any atom is 0.463 e. The van der Waals surface area contributed by atoms with Gasteiger partial charge in [0.2, 0.25) is 0 Å². The Kier molecular flexibility index (Phi) is 3.61. The molecule has 0 spiro atoms. The third-order valence-corrected chi connectivity index (χ3v) is 1.37. The summed E-state index contributed by atoms with van der Waals surface area (Å²) in [5, 5.41) is 0. The Morgan fingerprint density at radius 3 is 2.07 bits per heavy atom. The minimum absolute atomic E-state index is 0.250. The molecular weight excluding hydrogens is 209 g/mol. The summed E-state index contributed by atoms with van der Waals surface area (Å²) in [5.74, 6) is -7.63. The molecule has 0 unspecified atom stereocenters. The Morgan fingerprint density at radius 2 is 1.79 bits per heavy atom. The molecule has 0 bridgehead atoms. The van der Waals surface area contributed by atoms with Gasteiger partial charge in [-0.2, -0.15) is 22.0 Å². The largest absolute Gasteiger partial charge is 0.463 e. The van der Waals surface area contributed by atoms with Crippen LogP contribution in [0.4, 0.5) is 22.0 Å². The van der Waals surface area contributed by atoms with Gasteiger partial charge < -0.3 is 4.90 Å². The van der Waals surface area contributed by atoms with Crippen molar-refractivity contribution in [1.29, 1.82) is 0 Å². The fourth-order valence-corrected chi connectivity index (χ4v) is 0.638. The van der Waals surface area contributed by atoms with E-state index in [-0.39, 0.29) is 11.4 Å². The second-order valence-corrected chi connectivity index (χ2v) is 2.55. The molecule has 0 aromatic rings. The lowest BCUT2D eigenvalue weighted by molar-refractivity contribution is -0.273. The zero-order valence-corrected chi connectivity index (χ0v) is 7.24. The van der Waals surface area contributed by atoms with Crippen molar-refractivity contribution in [3.8, 4) is 0 Å². The van der Waals surface area contributed by atoms with E-state index in [1.54, 1.807) is 0 Å². The number of alkyl halides is 5. The first kappa shape index (κ1) is 12.9. The second-order valence-electron chi connectivity index (χ2n) is 2.55. The second kappa shape index (κ2) is 3.93. The summed E-state index contributed by atoms with van der Waals surface area (Å²) in [4.78, 5) is 10.9. The molecule has 0 saturated heterocycles. The third-order valence-electron chi connectivity index (χ3n) is 1.37. The zero-order valence-electron chi connectivity index (χ0n) is 7.24. The van der Waals surface area contributed by atoms with E-state index < -0.39 is 18.0 Å². The maximum atomic E-state index is 12.3. The van der Waals surface area contributed by atoms with Crippen LogP contribution in [0.1, 0.15) is 0 Å². The van der Waals surface area contributed by atoms with Gasteiger partial charge in [0.25, 0.3) is 0 Å². The average molecular weight is 217 g/mol. The molecular formula is C7H8F5NO. The fourth-order valence-electron chi connectivity index (χ4n) is 0.638. The lowest BCUT2D eigenvalue weighted by Crippen LogP contribution is -2.50. The quantitative estimate of drug-likeness (QED) is 0.521. The van der Waals surface area contributed by atoms with E-state index in [4.69, 9.17) is 0 Å². The van der Waals surface area contributed by atoms with Gasteiger partial charge in [-0.25, -0.2) is 0 Å². The molecule has 0 aromatic heterocycles. The number of likely N-dealkylation sites (N-methyl/N-ethyl adjacent to an activating group) is 1. The topological polar surface area (TPSA) is 20.3 Å². The summed E-state index contributed by atoms with van der Waals surface area (Å²) in [6.07, 6.45) is -4.82. The van der Waals surface area contributed by atoms with Gasteiger partial charge in [0.05, 0.1) is 0 Å². The highest BCUT2D eigenvalue weighted by atomic mass is 19.4. The van der Waals surface area contributed by atoms with Crippen molar-refractivity contribution in [2.24, 2.45) is 0 Å². The predicted octanol–water partition coefficient (Wildman–Crippen LogP) is 1.83. The van der Waals surface area contributed by atoms with Crippen LogP contribution in [-0.4, -0.2) is 36.5 Å². The molecule has 0 aliphatic rings. The van der Waals surface area contributed by atoms with Gasteiger partial charge in [0.1, 0.15) is 0 Å². The molecule has 0 aliphatic heterocycles. The average Bonchev–Trinajstić information content (AvgIpc) is 2.01. The molecule has 0 fully saturated rings. The summed E-state index contributed by atoms with van der Waals surface area (Å²) in [7, 11) is 0.837. The Hall–Kier alpha value is -1.14. The highest BCUT2D eigenvalue weighted by Crippen LogP contribution is 2.36. The summed E-state index contributed by atoms with van der Waals surface area (Å²) < 4.78 is 59.7. The highest BCUT2D eigenvalue weighted by molar-refractivity contribution is 5.84. The van der Waals surface area contributed by atoms with Crippen LogP contribution in [0.15, 0.2) is 12.7 Å². The monoisotopic (exact) mass is 217 g/mol. The van der Waals surface area contributed by atoms with Crippen LogP contribution in [0.5, 0.6) is 0 Å². The van der Waals surface area contributed by atoms with Crippen molar-refractivity contribution in [2.75, 3.05) is 13.6 Å². The molecule has 0 saturated carbocycles. The van der Waals surface area contributed by atoms with Crippen LogP contribution in [-0.2, 0) is 4.79 Å². The van der Waals surface area contributed by atoms with E-state index >= 15 is 0 Å². The standard InChI is InChI=1S/C7H8F5NO/c1-3-4-13(2)5(14)6(8,9)7(10,11)12/h3H,1,4H2,2H3. The minimum Gasteiger partial charge on any atom is -0.337 e. The van der Waals surface area contributed by atoms with Crippen LogP contribution in [0.3, 0.4) is 0 Å². The van der Waals surface area contributed by atoms with Crippen molar-refractivity contribution in [3.05, 3.63) is 12.7 Å². The maximum absolute atomic E-state index is 12.3. The Balaban J connectivity index is 4.75. The molecule has 0 aromatic carbocycles. The van der Waals surface area contributed by atoms with Crippen molar-refractivity contribution in [3.63, 3.8) is 0 Å². The summed E-state index contributed by atoms with van der Waals surface area (Å²) in [6, 6.07) is 0. The van der Waals surface area contributed by atoms with Crippen molar-refractivity contribution < 1.29 is 26.7 Å². The molecule has 1 amide bonds. The number of amides is 1. The van der Waals surface area contributed by atoms with E-state index in [0.717, 1.165) is 13.1 Å². The van der Waals surface area contributed by atoms with Crippen LogP contribution in [0, 0.1) is 0 Å². The predicted molar refractivity (Wildman–Crippen MR) is 38.8 cm³/mol. The normalized spacial score (nSPS) is 12.4. The van der Waals surface area contributed by atoms with Gasteiger partial charge in [-0.3, -0.25) is 4.79 Å². The highest BCUT2D eigenvalue weighted by Gasteiger charge is 2.64. The number of hydrogen-bond donors (Lipinski definition) is 0. The Morgan fingerprint density at radius 1 is 1.36 bits per heavy atom. The fraction of sp³-hybridized carbons (Fsp3) is 0.571. The molecule has 0 rings (SSSR count). The number of rotatable bonds is 3. The number of carbonyl (C=O) groups excluding carboxylic acids is 1. The number of hydrogen-bond acceptors (Lipinski definition) is 1. The van der Waals surface area contributed by atoms with Gasteiger partial charge >= 0.3 is 18.0 Å². The van der Waals surface area contributed by atoms with Crippen molar-refractivity contribution >= 4 is 5.91 Å². The molecule has 7 heteroatoms. The first-order valence-corrected chi connectivity index (χ1v) is 3.45.